The summed E-state index contributed by atoms with van der Waals surface area (Å²) in [5, 5.41) is 3.50. The second-order valence-electron chi connectivity index (χ2n) is 4.82. The Kier molecular flexibility index (Phi) is 3.97. The van der Waals surface area contributed by atoms with Gasteiger partial charge in [0.2, 0.25) is 0 Å². The minimum Gasteiger partial charge on any atom is -0.384 e. The zero-order valence-corrected chi connectivity index (χ0v) is 10.2. The highest BCUT2D eigenvalue weighted by Gasteiger charge is 2.21. The maximum Gasteiger partial charge on any atom is 0.0488 e. The van der Waals surface area contributed by atoms with Crippen molar-refractivity contribution in [3.63, 3.8) is 0 Å². The second-order valence-corrected chi connectivity index (χ2v) is 4.82. The number of benzene rings is 1. The van der Waals surface area contributed by atoms with Gasteiger partial charge in [-0.25, -0.2) is 0 Å². The molecule has 0 aliphatic carbocycles. The summed E-state index contributed by atoms with van der Waals surface area (Å²) in [6, 6.07) is 8.79. The average Bonchev–Trinajstić information content (AvgIpc) is 2.30. The van der Waals surface area contributed by atoms with Crippen molar-refractivity contribution in [3.8, 4) is 0 Å². The maximum absolute atomic E-state index is 5.21. The predicted octanol–water partition coefficient (Wildman–Crippen LogP) is 2.55. The molecule has 0 amide bonds. The first kappa shape index (κ1) is 11.6. The van der Waals surface area contributed by atoms with E-state index < -0.39 is 0 Å². The van der Waals surface area contributed by atoms with Crippen molar-refractivity contribution in [1.82, 2.24) is 5.32 Å². The Morgan fingerprint density at radius 3 is 3.06 bits per heavy atom. The Hall–Kier alpha value is -0.860. The summed E-state index contributed by atoms with van der Waals surface area (Å²) in [6.45, 7) is 5.25. The molecule has 88 valence electrons. The molecule has 1 aliphatic heterocycles. The van der Waals surface area contributed by atoms with Crippen molar-refractivity contribution in [3.05, 3.63) is 35.4 Å². The van der Waals surface area contributed by atoms with Gasteiger partial charge in [0, 0.05) is 26.8 Å². The van der Waals surface area contributed by atoms with Crippen LogP contribution < -0.4 is 5.32 Å². The molecular weight excluding hydrogens is 198 g/mol. The van der Waals surface area contributed by atoms with Crippen molar-refractivity contribution < 1.29 is 4.74 Å². The van der Waals surface area contributed by atoms with E-state index in [9.17, 15) is 0 Å². The number of ether oxygens (including phenoxy) is 1. The largest absolute Gasteiger partial charge is 0.384 e. The number of hydrogen-bond donors (Lipinski definition) is 1. The highest BCUT2D eigenvalue weighted by molar-refractivity contribution is 5.32. The highest BCUT2D eigenvalue weighted by atomic mass is 16.5. The normalized spacial score (nSPS) is 21.5. The van der Waals surface area contributed by atoms with Gasteiger partial charge in [0.05, 0.1) is 0 Å². The molecule has 1 aromatic rings. The van der Waals surface area contributed by atoms with Crippen LogP contribution >= 0.6 is 0 Å². The lowest BCUT2D eigenvalue weighted by atomic mass is 9.85. The zero-order chi connectivity index (χ0) is 11.4. The van der Waals surface area contributed by atoms with Gasteiger partial charge in [0.1, 0.15) is 0 Å². The van der Waals surface area contributed by atoms with Crippen LogP contribution in [-0.4, -0.2) is 20.3 Å². The van der Waals surface area contributed by atoms with Gasteiger partial charge in [-0.1, -0.05) is 31.2 Å². The minimum absolute atomic E-state index is 0.628. The first-order chi connectivity index (χ1) is 7.81. The summed E-state index contributed by atoms with van der Waals surface area (Å²) in [5.74, 6) is 1.28. The monoisotopic (exact) mass is 219 g/mol. The molecule has 1 heterocycles. The summed E-state index contributed by atoms with van der Waals surface area (Å²) in [4.78, 5) is 0. The Labute approximate surface area is 98.0 Å². The molecule has 1 N–H and O–H groups in total. The van der Waals surface area contributed by atoms with E-state index in [1.54, 1.807) is 7.11 Å². The highest BCUT2D eigenvalue weighted by Crippen LogP contribution is 2.29. The summed E-state index contributed by atoms with van der Waals surface area (Å²) >= 11 is 0. The van der Waals surface area contributed by atoms with Crippen molar-refractivity contribution in [2.24, 2.45) is 5.92 Å². The van der Waals surface area contributed by atoms with E-state index in [0.29, 0.717) is 11.8 Å². The SMILES string of the molecule is COCC(C)CC1CNCc2ccccc21. The number of fused-ring (bicyclic) bond motifs is 1. The van der Waals surface area contributed by atoms with Crippen LogP contribution in [-0.2, 0) is 11.3 Å². The molecule has 16 heavy (non-hydrogen) atoms. The van der Waals surface area contributed by atoms with Gasteiger partial charge in [-0.3, -0.25) is 0 Å². The van der Waals surface area contributed by atoms with E-state index in [0.717, 1.165) is 19.7 Å². The van der Waals surface area contributed by atoms with Crippen LogP contribution in [0.2, 0.25) is 0 Å². The van der Waals surface area contributed by atoms with E-state index in [4.69, 9.17) is 4.74 Å². The van der Waals surface area contributed by atoms with Gasteiger partial charge in [-0.2, -0.15) is 0 Å². The molecular formula is C14H21NO. The van der Waals surface area contributed by atoms with Crippen LogP contribution in [0.25, 0.3) is 0 Å². The van der Waals surface area contributed by atoms with Crippen molar-refractivity contribution in [2.75, 3.05) is 20.3 Å². The van der Waals surface area contributed by atoms with Crippen LogP contribution in [0.3, 0.4) is 0 Å². The molecule has 0 fully saturated rings. The van der Waals surface area contributed by atoms with Gasteiger partial charge in [0.15, 0.2) is 0 Å². The predicted molar refractivity (Wildman–Crippen MR) is 66.5 cm³/mol. The van der Waals surface area contributed by atoms with Crippen LogP contribution in [0.4, 0.5) is 0 Å². The molecule has 0 bridgehead atoms. The molecule has 0 aromatic heterocycles. The van der Waals surface area contributed by atoms with E-state index in [1.165, 1.54) is 17.5 Å². The summed E-state index contributed by atoms with van der Waals surface area (Å²) in [6.07, 6.45) is 1.21. The molecule has 0 radical (unpaired) electrons. The standard InChI is InChI=1S/C14H21NO/c1-11(10-16-2)7-13-9-15-8-12-5-3-4-6-14(12)13/h3-6,11,13,15H,7-10H2,1-2H3. The van der Waals surface area contributed by atoms with Crippen LogP contribution in [0.1, 0.15) is 30.4 Å². The topological polar surface area (TPSA) is 21.3 Å². The molecule has 0 saturated heterocycles. The van der Waals surface area contributed by atoms with Gasteiger partial charge < -0.3 is 10.1 Å². The first-order valence-corrected chi connectivity index (χ1v) is 6.08. The average molecular weight is 219 g/mol. The second kappa shape index (κ2) is 5.46. The molecule has 2 nitrogen and oxygen atoms in total. The summed E-state index contributed by atoms with van der Waals surface area (Å²) in [7, 11) is 1.78. The van der Waals surface area contributed by atoms with Crippen molar-refractivity contribution in [2.45, 2.75) is 25.8 Å². The maximum atomic E-state index is 5.21. The molecule has 2 rings (SSSR count). The lowest BCUT2D eigenvalue weighted by Gasteiger charge is -2.28. The summed E-state index contributed by atoms with van der Waals surface area (Å²) in [5.41, 5.74) is 2.99. The third-order valence-electron chi connectivity index (χ3n) is 3.34. The molecule has 2 atom stereocenters. The van der Waals surface area contributed by atoms with Gasteiger partial charge in [0.25, 0.3) is 0 Å². The third-order valence-corrected chi connectivity index (χ3v) is 3.34. The Morgan fingerprint density at radius 2 is 2.25 bits per heavy atom. The minimum atomic E-state index is 0.628. The zero-order valence-electron chi connectivity index (χ0n) is 10.2. The first-order valence-electron chi connectivity index (χ1n) is 6.08. The molecule has 2 unspecified atom stereocenters. The quantitative estimate of drug-likeness (QED) is 0.840. The Morgan fingerprint density at radius 1 is 1.44 bits per heavy atom. The van der Waals surface area contributed by atoms with E-state index in [-0.39, 0.29) is 0 Å². The lowest BCUT2D eigenvalue weighted by Crippen LogP contribution is -2.29. The fraction of sp³-hybridized carbons (Fsp3) is 0.571. The Bertz CT molecular complexity index is 337. The number of methoxy groups -OCH3 is 1. The molecule has 0 spiro atoms. The molecule has 2 heteroatoms. The van der Waals surface area contributed by atoms with Gasteiger partial charge in [-0.05, 0) is 29.4 Å². The lowest BCUT2D eigenvalue weighted by molar-refractivity contribution is 0.151. The van der Waals surface area contributed by atoms with Crippen molar-refractivity contribution >= 4 is 0 Å². The van der Waals surface area contributed by atoms with E-state index in [2.05, 4.69) is 36.5 Å². The molecule has 0 saturated carbocycles. The van der Waals surface area contributed by atoms with E-state index in [1.807, 2.05) is 0 Å². The van der Waals surface area contributed by atoms with E-state index >= 15 is 0 Å². The van der Waals surface area contributed by atoms with Crippen molar-refractivity contribution in [1.29, 1.82) is 0 Å². The van der Waals surface area contributed by atoms with Gasteiger partial charge in [-0.15, -0.1) is 0 Å². The summed E-state index contributed by atoms with van der Waals surface area (Å²) < 4.78 is 5.21. The fourth-order valence-electron chi connectivity index (χ4n) is 2.63. The number of hydrogen-bond acceptors (Lipinski definition) is 2. The van der Waals surface area contributed by atoms with Crippen LogP contribution in [0, 0.1) is 5.92 Å². The molecule has 1 aromatic carbocycles. The smallest absolute Gasteiger partial charge is 0.0488 e. The molecule has 1 aliphatic rings. The number of rotatable bonds is 4. The van der Waals surface area contributed by atoms with Crippen LogP contribution in [0.15, 0.2) is 24.3 Å². The number of nitrogens with one attached hydrogen (secondary N) is 1. The van der Waals surface area contributed by atoms with Crippen LogP contribution in [0.5, 0.6) is 0 Å². The third kappa shape index (κ3) is 2.63. The van der Waals surface area contributed by atoms with Gasteiger partial charge >= 0.3 is 0 Å². The fourth-order valence-corrected chi connectivity index (χ4v) is 2.63. The Balaban J connectivity index is 2.07.